The second kappa shape index (κ2) is 9.89. The zero-order valence-corrected chi connectivity index (χ0v) is 19.8. The molecule has 2 aromatic heterocycles. The molecule has 0 saturated heterocycles. The van der Waals surface area contributed by atoms with Crippen molar-refractivity contribution in [1.29, 1.82) is 0 Å². The quantitative estimate of drug-likeness (QED) is 0.541. The van der Waals surface area contributed by atoms with Gasteiger partial charge < -0.3 is 14.8 Å². The Labute approximate surface area is 191 Å². The smallest absolute Gasteiger partial charge is 0.330 e. The lowest BCUT2D eigenvalue weighted by atomic mass is 10.0. The molecule has 0 saturated carbocycles. The van der Waals surface area contributed by atoms with Crippen molar-refractivity contribution in [2.24, 2.45) is 5.92 Å². The van der Waals surface area contributed by atoms with Crippen LogP contribution in [0.3, 0.4) is 0 Å². The Morgan fingerprint density at radius 1 is 1.09 bits per heavy atom. The molecule has 0 aliphatic rings. The highest BCUT2D eigenvalue weighted by molar-refractivity contribution is 6.05. The van der Waals surface area contributed by atoms with Crippen molar-refractivity contribution in [2.75, 3.05) is 14.2 Å². The van der Waals surface area contributed by atoms with Crippen molar-refractivity contribution in [2.45, 2.75) is 46.7 Å². The Balaban J connectivity index is 2.07. The van der Waals surface area contributed by atoms with E-state index in [4.69, 9.17) is 9.47 Å². The van der Waals surface area contributed by atoms with Gasteiger partial charge in [0.1, 0.15) is 0 Å². The third kappa shape index (κ3) is 5.08. The molecule has 0 radical (unpaired) electrons. The number of methoxy groups -OCH3 is 2. The summed E-state index contributed by atoms with van der Waals surface area (Å²) < 4.78 is 12.0. The molecule has 3 rings (SSSR count). The molecule has 176 valence electrons. The second-order valence-electron chi connectivity index (χ2n) is 8.58. The van der Waals surface area contributed by atoms with Crippen LogP contribution < -0.4 is 26.0 Å². The minimum Gasteiger partial charge on any atom is -0.493 e. The number of benzene rings is 1. The summed E-state index contributed by atoms with van der Waals surface area (Å²) in [6.45, 7) is 8.39. The molecule has 0 aliphatic carbocycles. The molecule has 1 aromatic carbocycles. The second-order valence-corrected chi connectivity index (χ2v) is 8.58. The number of hydrogen-bond donors (Lipinski definition) is 2. The van der Waals surface area contributed by atoms with E-state index in [1.165, 1.54) is 4.57 Å². The minimum atomic E-state index is -0.630. The molecule has 3 aromatic rings. The Bertz CT molecular complexity index is 1290. The molecule has 0 aliphatic heterocycles. The maximum Gasteiger partial charge on any atom is 0.330 e. The van der Waals surface area contributed by atoms with Crippen molar-refractivity contribution in [3.8, 4) is 11.5 Å². The number of carbonyl (C=O) groups excluding carboxylic acids is 1. The molecule has 0 bridgehead atoms. The van der Waals surface area contributed by atoms with E-state index in [0.717, 1.165) is 5.56 Å². The summed E-state index contributed by atoms with van der Waals surface area (Å²) in [4.78, 5) is 45.4. The summed E-state index contributed by atoms with van der Waals surface area (Å²) in [6.07, 6.45) is 0. The maximum atomic E-state index is 13.2. The van der Waals surface area contributed by atoms with Gasteiger partial charge in [-0.25, -0.2) is 9.78 Å². The van der Waals surface area contributed by atoms with Crippen LogP contribution in [0.4, 0.5) is 0 Å². The fourth-order valence-corrected chi connectivity index (χ4v) is 3.57. The van der Waals surface area contributed by atoms with E-state index in [-0.39, 0.29) is 35.0 Å². The number of fused-ring (bicyclic) bond motifs is 1. The fourth-order valence-electron chi connectivity index (χ4n) is 3.57. The number of hydrogen-bond acceptors (Lipinski definition) is 6. The van der Waals surface area contributed by atoms with E-state index < -0.39 is 17.2 Å². The summed E-state index contributed by atoms with van der Waals surface area (Å²) in [5.74, 6) is 0.843. The number of nitrogens with zero attached hydrogens (tertiary/aromatic N) is 2. The van der Waals surface area contributed by atoms with Crippen molar-refractivity contribution in [3.05, 3.63) is 61.9 Å². The average Bonchev–Trinajstić information content (AvgIpc) is 2.78. The van der Waals surface area contributed by atoms with Gasteiger partial charge in [0.15, 0.2) is 17.1 Å². The number of aromatic amines is 1. The van der Waals surface area contributed by atoms with Gasteiger partial charge in [0, 0.05) is 18.8 Å². The van der Waals surface area contributed by atoms with Gasteiger partial charge in [0.2, 0.25) is 0 Å². The van der Waals surface area contributed by atoms with Crippen LogP contribution in [0.1, 0.15) is 55.2 Å². The van der Waals surface area contributed by atoms with Gasteiger partial charge in [0.05, 0.1) is 25.2 Å². The first-order valence-corrected chi connectivity index (χ1v) is 10.8. The number of H-pyrrole nitrogens is 1. The molecule has 0 unspecified atom stereocenters. The maximum absolute atomic E-state index is 13.2. The Kier molecular flexibility index (Phi) is 7.20. The lowest BCUT2D eigenvalue weighted by Gasteiger charge is -2.16. The number of nitrogens with one attached hydrogen (secondary N) is 2. The third-order valence-electron chi connectivity index (χ3n) is 5.25. The standard InChI is InChI=1S/C24H30N4O5/c1-13(2)12-28-21-20(23(30)27-24(28)31)16(10-17(26-21)14(3)4)22(29)25-11-15-7-8-18(32-5)19(9-15)33-6/h7-10,13-14H,11-12H2,1-6H3,(H,25,29)(H,27,30,31). The Hall–Kier alpha value is -3.62. The number of amides is 1. The molecule has 9 nitrogen and oxygen atoms in total. The highest BCUT2D eigenvalue weighted by atomic mass is 16.5. The molecule has 1 amide bonds. The van der Waals surface area contributed by atoms with Crippen molar-refractivity contribution >= 4 is 16.9 Å². The fraction of sp³-hybridized carbons (Fsp3) is 0.417. The number of ether oxygens (including phenoxy) is 2. The van der Waals surface area contributed by atoms with Crippen LogP contribution in [0.5, 0.6) is 11.5 Å². The molecule has 9 heteroatoms. The molecule has 0 fully saturated rings. The van der Waals surface area contributed by atoms with E-state index in [9.17, 15) is 14.4 Å². The zero-order valence-electron chi connectivity index (χ0n) is 19.8. The number of carbonyl (C=O) groups is 1. The van der Waals surface area contributed by atoms with Gasteiger partial charge in [-0.15, -0.1) is 0 Å². The van der Waals surface area contributed by atoms with Gasteiger partial charge >= 0.3 is 5.69 Å². The average molecular weight is 455 g/mol. The first-order valence-electron chi connectivity index (χ1n) is 10.8. The summed E-state index contributed by atoms with van der Waals surface area (Å²) in [5.41, 5.74) is 0.665. The van der Waals surface area contributed by atoms with Gasteiger partial charge in [-0.1, -0.05) is 33.8 Å². The first kappa shape index (κ1) is 24.0. The van der Waals surface area contributed by atoms with E-state index in [2.05, 4.69) is 15.3 Å². The number of pyridine rings is 1. The normalized spacial score (nSPS) is 11.3. The number of aromatic nitrogens is 3. The van der Waals surface area contributed by atoms with Gasteiger partial charge in [-0.05, 0) is 35.6 Å². The van der Waals surface area contributed by atoms with Crippen LogP contribution in [0, 0.1) is 5.92 Å². The zero-order chi connectivity index (χ0) is 24.3. The molecule has 33 heavy (non-hydrogen) atoms. The molecule has 2 N–H and O–H groups in total. The summed E-state index contributed by atoms with van der Waals surface area (Å²) in [6, 6.07) is 6.97. The SMILES string of the molecule is COc1ccc(CNC(=O)c2cc(C(C)C)nc3c2c(=O)[nH]c(=O)n3CC(C)C)cc1OC. The van der Waals surface area contributed by atoms with Crippen molar-refractivity contribution < 1.29 is 14.3 Å². The lowest BCUT2D eigenvalue weighted by Crippen LogP contribution is -2.34. The third-order valence-corrected chi connectivity index (χ3v) is 5.25. The first-order chi connectivity index (χ1) is 15.7. The molecule has 0 atom stereocenters. The van der Waals surface area contributed by atoms with E-state index in [1.807, 2.05) is 33.8 Å². The minimum absolute atomic E-state index is 0.00584. The van der Waals surface area contributed by atoms with Gasteiger partial charge in [-0.3, -0.25) is 19.1 Å². The van der Waals surface area contributed by atoms with E-state index in [1.54, 1.807) is 32.4 Å². The molecular formula is C24H30N4O5. The lowest BCUT2D eigenvalue weighted by molar-refractivity contribution is 0.0952. The van der Waals surface area contributed by atoms with Gasteiger partial charge in [0.25, 0.3) is 11.5 Å². The summed E-state index contributed by atoms with van der Waals surface area (Å²) in [7, 11) is 3.09. The highest BCUT2D eigenvalue weighted by Gasteiger charge is 2.21. The topological polar surface area (TPSA) is 115 Å². The van der Waals surface area contributed by atoms with Crippen LogP contribution in [0.25, 0.3) is 11.0 Å². The summed E-state index contributed by atoms with van der Waals surface area (Å²) >= 11 is 0. The predicted molar refractivity (Wildman–Crippen MR) is 126 cm³/mol. The van der Waals surface area contributed by atoms with Crippen molar-refractivity contribution in [1.82, 2.24) is 19.9 Å². The number of rotatable bonds is 8. The van der Waals surface area contributed by atoms with Crippen LogP contribution in [0.15, 0.2) is 33.9 Å². The van der Waals surface area contributed by atoms with Crippen molar-refractivity contribution in [3.63, 3.8) is 0 Å². The molecule has 0 spiro atoms. The van der Waals surface area contributed by atoms with Crippen LogP contribution >= 0.6 is 0 Å². The Morgan fingerprint density at radius 2 is 1.79 bits per heavy atom. The van der Waals surface area contributed by atoms with Gasteiger partial charge in [-0.2, -0.15) is 0 Å². The molecular weight excluding hydrogens is 424 g/mol. The highest BCUT2D eigenvalue weighted by Crippen LogP contribution is 2.27. The summed E-state index contributed by atoms with van der Waals surface area (Å²) in [5, 5.41) is 2.96. The van der Waals surface area contributed by atoms with Crippen LogP contribution in [0.2, 0.25) is 0 Å². The largest absolute Gasteiger partial charge is 0.493 e. The van der Waals surface area contributed by atoms with E-state index in [0.29, 0.717) is 23.7 Å². The van der Waals surface area contributed by atoms with Crippen LogP contribution in [-0.4, -0.2) is 34.7 Å². The van der Waals surface area contributed by atoms with E-state index >= 15 is 0 Å². The van der Waals surface area contributed by atoms with Crippen LogP contribution in [-0.2, 0) is 13.1 Å². The monoisotopic (exact) mass is 454 g/mol. The predicted octanol–water partition coefficient (Wildman–Crippen LogP) is 2.81. The molecule has 2 heterocycles. The Morgan fingerprint density at radius 3 is 2.39 bits per heavy atom.